The van der Waals surface area contributed by atoms with E-state index in [4.69, 9.17) is 4.74 Å². The molecular weight excluding hydrogens is 474 g/mol. The van der Waals surface area contributed by atoms with Crippen LogP contribution in [0.3, 0.4) is 0 Å². The number of likely N-dealkylation sites (tertiary alicyclic amines) is 2. The summed E-state index contributed by atoms with van der Waals surface area (Å²) >= 11 is 3.73. The van der Waals surface area contributed by atoms with Crippen LogP contribution in [-0.4, -0.2) is 80.7 Å². The van der Waals surface area contributed by atoms with Crippen LogP contribution >= 0.6 is 15.9 Å². The summed E-state index contributed by atoms with van der Waals surface area (Å²) in [6, 6.07) is 6.36. The molecule has 4 nitrogen and oxygen atoms in total. The molecule has 0 aromatic heterocycles. The third kappa shape index (κ3) is 9.16. The first-order chi connectivity index (χ1) is 16.1. The second-order valence-corrected chi connectivity index (χ2v) is 11.1. The molecule has 2 saturated heterocycles. The summed E-state index contributed by atoms with van der Waals surface area (Å²) in [7, 11) is 1.75. The molecule has 2 fully saturated rings. The number of piperidine rings is 2. The van der Waals surface area contributed by atoms with Gasteiger partial charge in [-0.3, -0.25) is 0 Å². The number of hydrogen-bond donors (Lipinski definition) is 0. The molecule has 2 heterocycles. The van der Waals surface area contributed by atoms with Crippen molar-refractivity contribution >= 4 is 15.9 Å². The van der Waals surface area contributed by atoms with Gasteiger partial charge in [-0.25, -0.2) is 0 Å². The molecule has 2 aliphatic rings. The zero-order valence-electron chi connectivity index (χ0n) is 21.5. The van der Waals surface area contributed by atoms with Crippen LogP contribution in [0.5, 0.6) is 5.75 Å². The second-order valence-electron chi connectivity index (χ2n) is 10.3. The van der Waals surface area contributed by atoms with E-state index in [0.29, 0.717) is 0 Å². The third-order valence-corrected chi connectivity index (χ3v) is 8.78. The summed E-state index contributed by atoms with van der Waals surface area (Å²) in [5.41, 5.74) is 1.40. The maximum Gasteiger partial charge on any atom is 0.119 e. The van der Waals surface area contributed by atoms with Gasteiger partial charge in [0.25, 0.3) is 0 Å². The van der Waals surface area contributed by atoms with Gasteiger partial charge in [-0.15, -0.1) is 0 Å². The Balaban J connectivity index is 1.29. The minimum Gasteiger partial charge on any atom is -0.497 e. The van der Waals surface area contributed by atoms with Crippen molar-refractivity contribution < 1.29 is 4.74 Å². The van der Waals surface area contributed by atoms with Crippen molar-refractivity contribution in [3.63, 3.8) is 0 Å². The van der Waals surface area contributed by atoms with Crippen LogP contribution in [-0.2, 0) is 6.42 Å². The van der Waals surface area contributed by atoms with Gasteiger partial charge in [0.2, 0.25) is 0 Å². The van der Waals surface area contributed by atoms with Gasteiger partial charge in [0, 0.05) is 11.0 Å². The summed E-state index contributed by atoms with van der Waals surface area (Å²) < 4.78 is 6.64. The number of nitrogens with zero attached hydrogens (tertiary/aromatic N) is 3. The Labute approximate surface area is 212 Å². The molecule has 0 bridgehead atoms. The minimum atomic E-state index is 0.799. The molecule has 2 aliphatic heterocycles. The van der Waals surface area contributed by atoms with Crippen molar-refractivity contribution in [3.05, 3.63) is 28.2 Å². The van der Waals surface area contributed by atoms with Gasteiger partial charge in [-0.05, 0) is 139 Å². The molecule has 33 heavy (non-hydrogen) atoms. The van der Waals surface area contributed by atoms with Gasteiger partial charge in [-0.1, -0.05) is 29.8 Å². The van der Waals surface area contributed by atoms with Gasteiger partial charge in [-0.2, -0.15) is 0 Å². The summed E-state index contributed by atoms with van der Waals surface area (Å²) in [6.07, 6.45) is 10.8. The molecular formula is C28H48BrN3O. The highest BCUT2D eigenvalue weighted by Gasteiger charge is 2.22. The van der Waals surface area contributed by atoms with Crippen molar-refractivity contribution in [1.82, 2.24) is 14.7 Å². The molecule has 0 saturated carbocycles. The number of benzene rings is 1. The van der Waals surface area contributed by atoms with E-state index in [2.05, 4.69) is 56.6 Å². The Kier molecular flexibility index (Phi) is 12.0. The topological polar surface area (TPSA) is 19.0 Å². The molecule has 1 atom stereocenters. The van der Waals surface area contributed by atoms with E-state index in [-0.39, 0.29) is 0 Å². The van der Waals surface area contributed by atoms with E-state index >= 15 is 0 Å². The lowest BCUT2D eigenvalue weighted by atomic mass is 9.89. The molecule has 0 radical (unpaired) electrons. The van der Waals surface area contributed by atoms with Crippen molar-refractivity contribution in [2.75, 3.05) is 66.0 Å². The first-order valence-electron chi connectivity index (χ1n) is 13.6. The van der Waals surface area contributed by atoms with Gasteiger partial charge in [0.05, 0.1) is 7.11 Å². The van der Waals surface area contributed by atoms with Crippen LogP contribution in [0.2, 0.25) is 0 Å². The lowest BCUT2D eigenvalue weighted by Gasteiger charge is -2.35. The average molecular weight is 523 g/mol. The predicted molar refractivity (Wildman–Crippen MR) is 144 cm³/mol. The largest absolute Gasteiger partial charge is 0.497 e. The molecule has 5 heteroatoms. The Hall–Kier alpha value is -0.620. The normalized spacial score (nSPS) is 21.1. The number of hydrogen-bond acceptors (Lipinski definition) is 4. The Morgan fingerprint density at radius 2 is 1.73 bits per heavy atom. The number of rotatable bonds is 13. The van der Waals surface area contributed by atoms with Crippen molar-refractivity contribution in [3.8, 4) is 5.75 Å². The maximum atomic E-state index is 5.42. The highest BCUT2D eigenvalue weighted by molar-refractivity contribution is 9.10. The first-order valence-corrected chi connectivity index (χ1v) is 14.4. The van der Waals surface area contributed by atoms with Gasteiger partial charge in [0.1, 0.15) is 5.75 Å². The zero-order valence-corrected chi connectivity index (χ0v) is 23.1. The number of halogens is 1. The fraction of sp³-hybridized carbons (Fsp3) is 0.786. The fourth-order valence-corrected chi connectivity index (χ4v) is 6.22. The molecule has 1 aromatic rings. The second kappa shape index (κ2) is 14.7. The van der Waals surface area contributed by atoms with Crippen LogP contribution in [0.15, 0.2) is 22.7 Å². The Morgan fingerprint density at radius 3 is 2.45 bits per heavy atom. The van der Waals surface area contributed by atoms with Crippen LogP contribution in [0, 0.1) is 11.8 Å². The molecule has 3 rings (SSSR count). The van der Waals surface area contributed by atoms with E-state index in [9.17, 15) is 0 Å². The minimum absolute atomic E-state index is 0.799. The first kappa shape index (κ1) is 27.0. The van der Waals surface area contributed by atoms with E-state index in [1.807, 2.05) is 6.07 Å². The summed E-state index contributed by atoms with van der Waals surface area (Å²) in [4.78, 5) is 8.03. The van der Waals surface area contributed by atoms with Gasteiger partial charge in [0.15, 0.2) is 0 Å². The molecule has 1 aromatic carbocycles. The summed E-state index contributed by atoms with van der Waals surface area (Å²) in [5.74, 6) is 2.69. The summed E-state index contributed by atoms with van der Waals surface area (Å²) in [6.45, 7) is 16.0. The van der Waals surface area contributed by atoms with Crippen LogP contribution in [0.25, 0.3) is 0 Å². The van der Waals surface area contributed by atoms with Crippen LogP contribution < -0.4 is 4.74 Å². The van der Waals surface area contributed by atoms with Gasteiger partial charge < -0.3 is 19.4 Å². The predicted octanol–water partition coefficient (Wildman–Crippen LogP) is 5.94. The van der Waals surface area contributed by atoms with Crippen molar-refractivity contribution in [2.24, 2.45) is 11.8 Å². The molecule has 0 spiro atoms. The van der Waals surface area contributed by atoms with E-state index < -0.39 is 0 Å². The SMILES string of the molecule is CCN(CC)CCCN1CCCC(CCCN2CCC(Cc3cc(OC)ccc3Br)CC2)C1. The molecule has 1 unspecified atom stereocenters. The highest BCUT2D eigenvalue weighted by atomic mass is 79.9. The molecule has 0 amide bonds. The van der Waals surface area contributed by atoms with Crippen LogP contribution in [0.4, 0.5) is 0 Å². The number of ether oxygens (including phenoxy) is 1. The fourth-order valence-electron chi connectivity index (χ4n) is 5.81. The van der Waals surface area contributed by atoms with Crippen LogP contribution in [0.1, 0.15) is 64.4 Å². The molecule has 0 N–H and O–H groups in total. The van der Waals surface area contributed by atoms with E-state index in [1.54, 1.807) is 7.11 Å². The van der Waals surface area contributed by atoms with Gasteiger partial charge >= 0.3 is 0 Å². The Bertz CT molecular complexity index is 673. The third-order valence-electron chi connectivity index (χ3n) is 8.00. The summed E-state index contributed by atoms with van der Waals surface area (Å²) in [5, 5.41) is 0. The molecule has 0 aliphatic carbocycles. The highest BCUT2D eigenvalue weighted by Crippen LogP contribution is 2.29. The Morgan fingerprint density at radius 1 is 0.970 bits per heavy atom. The molecule has 188 valence electrons. The quantitative estimate of drug-likeness (QED) is 0.319. The lowest BCUT2D eigenvalue weighted by molar-refractivity contribution is 0.146. The maximum absolute atomic E-state index is 5.42. The average Bonchev–Trinajstić information content (AvgIpc) is 2.84. The van der Waals surface area contributed by atoms with E-state index in [0.717, 1.165) is 24.0 Å². The standard InChI is InChI=1S/C28H48BrN3O/c1-4-30(5-2)17-8-18-32-16-7-10-25(23-32)9-6-15-31-19-13-24(14-20-31)21-26-22-27(33-3)11-12-28(26)29/h11-12,22,24-25H,4-10,13-21,23H2,1-3H3. The lowest BCUT2D eigenvalue weighted by Crippen LogP contribution is -2.38. The van der Waals surface area contributed by atoms with Crippen molar-refractivity contribution in [1.29, 1.82) is 0 Å². The zero-order chi connectivity index (χ0) is 23.5. The number of methoxy groups -OCH3 is 1. The van der Waals surface area contributed by atoms with Crippen molar-refractivity contribution in [2.45, 2.75) is 65.2 Å². The smallest absolute Gasteiger partial charge is 0.119 e. The monoisotopic (exact) mass is 521 g/mol. The van der Waals surface area contributed by atoms with E-state index in [1.165, 1.54) is 114 Å².